The standard InChI is InChI=1S/C14H21N5O/c1-2-15-13-10-8-18-19(14(10)17-9-16-13)11-6-4-3-5-7-12(11)20/h8-9,11-12,20H,2-7H2,1H3,(H,15,16,17). The van der Waals surface area contributed by atoms with Crippen molar-refractivity contribution in [1.29, 1.82) is 0 Å². The minimum atomic E-state index is -0.335. The molecular formula is C14H21N5O. The molecule has 2 aromatic rings. The molecule has 2 atom stereocenters. The fraction of sp³-hybridized carbons (Fsp3) is 0.643. The molecule has 2 aromatic heterocycles. The molecule has 0 bridgehead atoms. The van der Waals surface area contributed by atoms with E-state index in [9.17, 15) is 5.11 Å². The summed E-state index contributed by atoms with van der Waals surface area (Å²) in [7, 11) is 0. The first-order chi connectivity index (χ1) is 9.81. The molecule has 1 aliphatic carbocycles. The Kier molecular flexibility index (Phi) is 3.82. The summed E-state index contributed by atoms with van der Waals surface area (Å²) < 4.78 is 1.88. The summed E-state index contributed by atoms with van der Waals surface area (Å²) in [6.45, 7) is 2.84. The van der Waals surface area contributed by atoms with E-state index < -0.39 is 0 Å². The minimum Gasteiger partial charge on any atom is -0.391 e. The van der Waals surface area contributed by atoms with E-state index in [0.29, 0.717) is 0 Å². The van der Waals surface area contributed by atoms with Crippen molar-refractivity contribution in [3.63, 3.8) is 0 Å². The Morgan fingerprint density at radius 3 is 3.00 bits per heavy atom. The molecule has 2 heterocycles. The average Bonchev–Trinajstić information content (AvgIpc) is 2.77. The number of aromatic nitrogens is 4. The molecule has 1 saturated carbocycles. The highest BCUT2D eigenvalue weighted by molar-refractivity contribution is 5.86. The van der Waals surface area contributed by atoms with Gasteiger partial charge in [0.15, 0.2) is 5.65 Å². The van der Waals surface area contributed by atoms with Crippen LogP contribution in [0.3, 0.4) is 0 Å². The first kappa shape index (κ1) is 13.3. The lowest BCUT2D eigenvalue weighted by Crippen LogP contribution is -2.24. The number of aliphatic hydroxyl groups is 1. The van der Waals surface area contributed by atoms with Crippen LogP contribution in [0.25, 0.3) is 11.0 Å². The van der Waals surface area contributed by atoms with E-state index in [2.05, 4.69) is 20.4 Å². The van der Waals surface area contributed by atoms with Crippen LogP contribution in [0.15, 0.2) is 12.5 Å². The monoisotopic (exact) mass is 275 g/mol. The van der Waals surface area contributed by atoms with Crippen molar-refractivity contribution in [2.45, 2.75) is 51.2 Å². The van der Waals surface area contributed by atoms with Crippen LogP contribution in [0.5, 0.6) is 0 Å². The smallest absolute Gasteiger partial charge is 0.163 e. The number of anilines is 1. The van der Waals surface area contributed by atoms with Crippen LogP contribution < -0.4 is 5.32 Å². The second-order valence-corrected chi connectivity index (χ2v) is 5.35. The molecule has 6 nitrogen and oxygen atoms in total. The van der Waals surface area contributed by atoms with Gasteiger partial charge in [-0.15, -0.1) is 0 Å². The Morgan fingerprint density at radius 2 is 2.15 bits per heavy atom. The first-order valence-corrected chi connectivity index (χ1v) is 7.41. The van der Waals surface area contributed by atoms with Gasteiger partial charge in [0.05, 0.1) is 23.7 Å². The van der Waals surface area contributed by atoms with E-state index in [-0.39, 0.29) is 12.1 Å². The molecular weight excluding hydrogens is 254 g/mol. The summed E-state index contributed by atoms with van der Waals surface area (Å²) >= 11 is 0. The largest absolute Gasteiger partial charge is 0.391 e. The van der Waals surface area contributed by atoms with Crippen molar-refractivity contribution in [3.05, 3.63) is 12.5 Å². The predicted octanol–water partition coefficient (Wildman–Crippen LogP) is 2.12. The molecule has 20 heavy (non-hydrogen) atoms. The van der Waals surface area contributed by atoms with Crippen LogP contribution in [0.2, 0.25) is 0 Å². The lowest BCUT2D eigenvalue weighted by molar-refractivity contribution is 0.101. The molecule has 1 aliphatic rings. The highest BCUT2D eigenvalue weighted by atomic mass is 16.3. The van der Waals surface area contributed by atoms with Gasteiger partial charge < -0.3 is 10.4 Å². The zero-order chi connectivity index (χ0) is 13.9. The molecule has 1 fully saturated rings. The molecule has 0 aliphatic heterocycles. The van der Waals surface area contributed by atoms with Crippen LogP contribution in [0.4, 0.5) is 5.82 Å². The van der Waals surface area contributed by atoms with E-state index in [1.54, 1.807) is 12.5 Å². The number of hydrogen-bond acceptors (Lipinski definition) is 5. The van der Waals surface area contributed by atoms with Gasteiger partial charge in [-0.3, -0.25) is 0 Å². The lowest BCUT2D eigenvalue weighted by atomic mass is 10.1. The molecule has 0 amide bonds. The Morgan fingerprint density at radius 1 is 1.30 bits per heavy atom. The fourth-order valence-corrected chi connectivity index (χ4v) is 2.97. The molecule has 0 spiro atoms. The Hall–Kier alpha value is -1.69. The highest BCUT2D eigenvalue weighted by Crippen LogP contribution is 2.30. The number of aliphatic hydroxyl groups excluding tert-OH is 1. The van der Waals surface area contributed by atoms with Crippen LogP contribution in [-0.2, 0) is 0 Å². The Labute approximate surface area is 118 Å². The van der Waals surface area contributed by atoms with Gasteiger partial charge in [-0.2, -0.15) is 5.10 Å². The van der Waals surface area contributed by atoms with Crippen molar-refractivity contribution < 1.29 is 5.11 Å². The second-order valence-electron chi connectivity index (χ2n) is 5.35. The SMILES string of the molecule is CCNc1ncnc2c1cnn2C1CCCCCC1O. The van der Waals surface area contributed by atoms with Crippen LogP contribution in [-0.4, -0.2) is 37.5 Å². The van der Waals surface area contributed by atoms with Crippen molar-refractivity contribution in [2.24, 2.45) is 0 Å². The maximum Gasteiger partial charge on any atom is 0.163 e. The van der Waals surface area contributed by atoms with Crippen LogP contribution in [0, 0.1) is 0 Å². The third-order valence-corrected chi connectivity index (χ3v) is 3.99. The fourth-order valence-electron chi connectivity index (χ4n) is 2.97. The van der Waals surface area contributed by atoms with E-state index in [0.717, 1.165) is 49.1 Å². The number of fused-ring (bicyclic) bond motifs is 1. The second kappa shape index (κ2) is 5.75. The summed E-state index contributed by atoms with van der Waals surface area (Å²) in [6.07, 6.45) is 8.23. The Balaban J connectivity index is 2.01. The summed E-state index contributed by atoms with van der Waals surface area (Å²) in [5.41, 5.74) is 0.807. The minimum absolute atomic E-state index is 0.0272. The average molecular weight is 275 g/mol. The first-order valence-electron chi connectivity index (χ1n) is 7.41. The van der Waals surface area contributed by atoms with Gasteiger partial charge in [0.25, 0.3) is 0 Å². The van der Waals surface area contributed by atoms with Gasteiger partial charge in [-0.25, -0.2) is 14.6 Å². The zero-order valence-corrected chi connectivity index (χ0v) is 11.8. The quantitative estimate of drug-likeness (QED) is 0.839. The van der Waals surface area contributed by atoms with Gasteiger partial charge in [0, 0.05) is 6.54 Å². The maximum atomic E-state index is 10.3. The summed E-state index contributed by atoms with van der Waals surface area (Å²) in [4.78, 5) is 8.62. The van der Waals surface area contributed by atoms with Gasteiger partial charge in [0.2, 0.25) is 0 Å². The molecule has 2 unspecified atom stereocenters. The maximum absolute atomic E-state index is 10.3. The van der Waals surface area contributed by atoms with E-state index in [4.69, 9.17) is 0 Å². The van der Waals surface area contributed by atoms with Crippen LogP contribution >= 0.6 is 0 Å². The van der Waals surface area contributed by atoms with E-state index in [1.165, 1.54) is 6.42 Å². The summed E-state index contributed by atoms with van der Waals surface area (Å²) in [5.74, 6) is 0.812. The van der Waals surface area contributed by atoms with E-state index in [1.807, 2.05) is 11.6 Å². The van der Waals surface area contributed by atoms with Gasteiger partial charge in [-0.1, -0.05) is 19.3 Å². The zero-order valence-electron chi connectivity index (χ0n) is 11.8. The van der Waals surface area contributed by atoms with Gasteiger partial charge >= 0.3 is 0 Å². The Bertz CT molecular complexity index is 582. The number of rotatable bonds is 3. The van der Waals surface area contributed by atoms with E-state index >= 15 is 0 Å². The number of nitrogens with zero attached hydrogens (tertiary/aromatic N) is 4. The molecule has 3 rings (SSSR count). The van der Waals surface area contributed by atoms with Crippen molar-refractivity contribution in [2.75, 3.05) is 11.9 Å². The topological polar surface area (TPSA) is 75.9 Å². The van der Waals surface area contributed by atoms with Crippen LogP contribution in [0.1, 0.15) is 45.1 Å². The predicted molar refractivity (Wildman–Crippen MR) is 77.6 cm³/mol. The van der Waals surface area contributed by atoms with Crippen molar-refractivity contribution >= 4 is 16.9 Å². The molecule has 0 radical (unpaired) electrons. The molecule has 2 N–H and O–H groups in total. The van der Waals surface area contributed by atoms with Gasteiger partial charge in [-0.05, 0) is 19.8 Å². The third kappa shape index (κ3) is 2.35. The molecule has 108 valence electrons. The normalized spacial score (nSPS) is 23.7. The number of hydrogen-bond donors (Lipinski definition) is 2. The summed E-state index contributed by atoms with van der Waals surface area (Å²) in [6, 6.07) is 0.0272. The third-order valence-electron chi connectivity index (χ3n) is 3.99. The number of nitrogens with one attached hydrogen (secondary N) is 1. The highest BCUT2D eigenvalue weighted by Gasteiger charge is 2.26. The van der Waals surface area contributed by atoms with Gasteiger partial charge in [0.1, 0.15) is 12.1 Å². The summed E-state index contributed by atoms with van der Waals surface area (Å²) in [5, 5.41) is 18.9. The van der Waals surface area contributed by atoms with Crippen molar-refractivity contribution in [1.82, 2.24) is 19.7 Å². The molecule has 6 heteroatoms. The molecule has 0 saturated heterocycles. The lowest BCUT2D eigenvalue weighted by Gasteiger charge is -2.21. The van der Waals surface area contributed by atoms with Crippen molar-refractivity contribution in [3.8, 4) is 0 Å². The molecule has 0 aromatic carbocycles.